The number of aryl methyl sites for hydroxylation is 1. The highest BCUT2D eigenvalue weighted by atomic mass is 16.2. The van der Waals surface area contributed by atoms with Gasteiger partial charge in [-0.2, -0.15) is 0 Å². The molecule has 4 rings (SSSR count). The molecule has 2 aliphatic heterocycles. The summed E-state index contributed by atoms with van der Waals surface area (Å²) in [7, 11) is 0. The fraction of sp³-hybridized carbons (Fsp3) is 0.455. The summed E-state index contributed by atoms with van der Waals surface area (Å²) >= 11 is 0. The molecule has 1 unspecified atom stereocenters. The molecule has 2 aliphatic rings. The van der Waals surface area contributed by atoms with E-state index in [1.54, 1.807) is 6.20 Å². The summed E-state index contributed by atoms with van der Waals surface area (Å²) in [6.45, 7) is 4.08. The topological polar surface area (TPSA) is 56.4 Å². The first-order chi connectivity index (χ1) is 13.1. The van der Waals surface area contributed by atoms with Gasteiger partial charge >= 0.3 is 0 Å². The van der Waals surface area contributed by atoms with E-state index in [4.69, 9.17) is 0 Å². The quantitative estimate of drug-likeness (QED) is 0.905. The van der Waals surface area contributed by atoms with Crippen molar-refractivity contribution in [3.05, 3.63) is 59.4 Å². The molecule has 1 aromatic heterocycles. The molecule has 0 bridgehead atoms. The van der Waals surface area contributed by atoms with Gasteiger partial charge in [0.25, 0.3) is 5.91 Å². The normalized spacial score (nSPS) is 22.6. The van der Waals surface area contributed by atoms with Gasteiger partial charge in [-0.3, -0.25) is 9.59 Å². The van der Waals surface area contributed by atoms with Gasteiger partial charge < -0.3 is 14.8 Å². The summed E-state index contributed by atoms with van der Waals surface area (Å²) in [5.74, 6) is 0.133. The molecule has 0 aliphatic carbocycles. The fourth-order valence-corrected chi connectivity index (χ4v) is 4.67. The molecule has 5 heteroatoms. The number of H-pyrrole nitrogens is 1. The van der Waals surface area contributed by atoms with Crippen molar-refractivity contribution < 1.29 is 9.59 Å². The van der Waals surface area contributed by atoms with Crippen molar-refractivity contribution in [2.45, 2.75) is 44.6 Å². The van der Waals surface area contributed by atoms with Crippen LogP contribution in [0, 0.1) is 6.92 Å². The van der Waals surface area contributed by atoms with Crippen LogP contribution in [0.15, 0.2) is 42.6 Å². The Morgan fingerprint density at radius 1 is 1.11 bits per heavy atom. The lowest BCUT2D eigenvalue weighted by Crippen LogP contribution is -2.61. The van der Waals surface area contributed by atoms with Gasteiger partial charge in [0.15, 0.2) is 0 Å². The number of aromatic nitrogens is 1. The van der Waals surface area contributed by atoms with E-state index >= 15 is 0 Å². The van der Waals surface area contributed by atoms with Gasteiger partial charge in [0, 0.05) is 31.5 Å². The van der Waals surface area contributed by atoms with Crippen molar-refractivity contribution >= 4 is 11.8 Å². The third kappa shape index (κ3) is 3.15. The first-order valence-electron chi connectivity index (χ1n) is 9.91. The molecule has 3 heterocycles. The predicted octanol–water partition coefficient (Wildman–Crippen LogP) is 3.16. The van der Waals surface area contributed by atoms with Crippen LogP contribution in [0.5, 0.6) is 0 Å². The molecule has 2 saturated heterocycles. The molecule has 1 spiro atoms. The molecule has 1 atom stereocenters. The summed E-state index contributed by atoms with van der Waals surface area (Å²) in [5, 5.41) is 0. The molecule has 2 amide bonds. The predicted molar refractivity (Wildman–Crippen MR) is 104 cm³/mol. The zero-order valence-corrected chi connectivity index (χ0v) is 15.9. The highest BCUT2D eigenvalue weighted by molar-refractivity contribution is 6.00. The minimum absolute atomic E-state index is 0.00971. The largest absolute Gasteiger partial charge is 0.365 e. The van der Waals surface area contributed by atoms with Crippen molar-refractivity contribution in [2.75, 3.05) is 19.6 Å². The van der Waals surface area contributed by atoms with Crippen LogP contribution in [0.2, 0.25) is 0 Å². The average molecular weight is 365 g/mol. The van der Waals surface area contributed by atoms with Gasteiger partial charge in [0.1, 0.15) is 5.54 Å². The number of rotatable bonds is 4. The fourth-order valence-electron chi connectivity index (χ4n) is 4.67. The number of benzene rings is 1. The Hall–Kier alpha value is -2.56. The zero-order valence-electron chi connectivity index (χ0n) is 15.9. The average Bonchev–Trinajstić information content (AvgIpc) is 3.30. The lowest BCUT2D eigenvalue weighted by atomic mass is 9.84. The van der Waals surface area contributed by atoms with Gasteiger partial charge in [-0.1, -0.05) is 30.3 Å². The molecule has 0 saturated carbocycles. The van der Waals surface area contributed by atoms with Gasteiger partial charge in [0.2, 0.25) is 5.91 Å². The number of carbonyl (C=O) groups excluding carboxylic acids is 2. The molecule has 142 valence electrons. The second-order valence-corrected chi connectivity index (χ2v) is 7.74. The van der Waals surface area contributed by atoms with Gasteiger partial charge in [-0.05, 0) is 50.7 Å². The third-order valence-corrected chi connectivity index (χ3v) is 6.14. The molecule has 1 aromatic carbocycles. The van der Waals surface area contributed by atoms with Crippen LogP contribution in [0.4, 0.5) is 0 Å². The molecule has 0 radical (unpaired) electrons. The summed E-state index contributed by atoms with van der Waals surface area (Å²) in [6.07, 6.45) is 6.06. The van der Waals surface area contributed by atoms with E-state index in [9.17, 15) is 9.59 Å². The third-order valence-electron chi connectivity index (χ3n) is 6.14. The van der Waals surface area contributed by atoms with Crippen LogP contribution in [-0.2, 0) is 11.2 Å². The van der Waals surface area contributed by atoms with E-state index in [0.29, 0.717) is 12.1 Å². The van der Waals surface area contributed by atoms with Gasteiger partial charge in [-0.15, -0.1) is 0 Å². The van der Waals surface area contributed by atoms with E-state index in [1.807, 2.05) is 41.0 Å². The first-order valence-corrected chi connectivity index (χ1v) is 9.91. The van der Waals surface area contributed by atoms with Crippen molar-refractivity contribution in [1.82, 2.24) is 14.8 Å². The number of hydrogen-bond acceptors (Lipinski definition) is 2. The maximum Gasteiger partial charge on any atom is 0.256 e. The van der Waals surface area contributed by atoms with Crippen LogP contribution >= 0.6 is 0 Å². The number of likely N-dealkylation sites (tertiary alicyclic amines) is 2. The second-order valence-electron chi connectivity index (χ2n) is 7.74. The number of aromatic amines is 1. The Morgan fingerprint density at radius 3 is 2.56 bits per heavy atom. The van der Waals surface area contributed by atoms with E-state index in [0.717, 1.165) is 50.9 Å². The van der Waals surface area contributed by atoms with E-state index < -0.39 is 5.54 Å². The molecular weight excluding hydrogens is 338 g/mol. The molecule has 2 fully saturated rings. The Morgan fingerprint density at radius 2 is 1.85 bits per heavy atom. The lowest BCUT2D eigenvalue weighted by molar-refractivity contribution is -0.145. The highest BCUT2D eigenvalue weighted by Gasteiger charge is 2.52. The number of amides is 2. The van der Waals surface area contributed by atoms with Gasteiger partial charge in [0.05, 0.1) is 5.56 Å². The van der Waals surface area contributed by atoms with E-state index in [-0.39, 0.29) is 11.8 Å². The number of piperidine rings is 1. The van der Waals surface area contributed by atoms with Crippen LogP contribution in [0.1, 0.15) is 47.3 Å². The standard InChI is InChI=1S/C22H27N3O2/c1-17-19(9-13-23-17)20(26)25-15-6-12-22(25)11-5-14-24(21(22)27)16-10-18-7-3-2-4-8-18/h2-4,7-9,13,23H,5-6,10-12,14-16H2,1H3. The second kappa shape index (κ2) is 7.22. The van der Waals surface area contributed by atoms with Gasteiger partial charge in [-0.25, -0.2) is 0 Å². The number of nitrogens with one attached hydrogen (secondary N) is 1. The number of carbonyl (C=O) groups is 2. The van der Waals surface area contributed by atoms with Crippen LogP contribution in [-0.4, -0.2) is 51.8 Å². The minimum atomic E-state index is -0.643. The molecule has 5 nitrogen and oxygen atoms in total. The molecule has 2 aromatic rings. The molecule has 27 heavy (non-hydrogen) atoms. The number of hydrogen-bond donors (Lipinski definition) is 1. The monoisotopic (exact) mass is 365 g/mol. The Balaban J connectivity index is 1.53. The van der Waals surface area contributed by atoms with Crippen molar-refractivity contribution in [3.8, 4) is 0 Å². The lowest BCUT2D eigenvalue weighted by Gasteiger charge is -2.44. The van der Waals surface area contributed by atoms with Crippen molar-refractivity contribution in [1.29, 1.82) is 0 Å². The SMILES string of the molecule is Cc1[nH]ccc1C(=O)N1CCCC12CCCN(CCc1ccccc1)C2=O. The zero-order chi connectivity index (χ0) is 18.9. The Kier molecular flexibility index (Phi) is 4.77. The molecule has 1 N–H and O–H groups in total. The first kappa shape index (κ1) is 17.8. The maximum atomic E-state index is 13.5. The van der Waals surface area contributed by atoms with Crippen molar-refractivity contribution in [3.63, 3.8) is 0 Å². The Labute approximate surface area is 160 Å². The van der Waals surface area contributed by atoms with E-state index in [1.165, 1.54) is 5.56 Å². The molecular formula is C22H27N3O2. The summed E-state index contributed by atoms with van der Waals surface area (Å²) < 4.78 is 0. The van der Waals surface area contributed by atoms with Crippen molar-refractivity contribution in [2.24, 2.45) is 0 Å². The highest BCUT2D eigenvalue weighted by Crippen LogP contribution is 2.39. The smallest absolute Gasteiger partial charge is 0.256 e. The summed E-state index contributed by atoms with van der Waals surface area (Å²) in [6, 6.07) is 12.1. The maximum absolute atomic E-state index is 13.5. The minimum Gasteiger partial charge on any atom is -0.365 e. The van der Waals surface area contributed by atoms with E-state index in [2.05, 4.69) is 17.1 Å². The van der Waals surface area contributed by atoms with Crippen LogP contribution in [0.3, 0.4) is 0 Å². The van der Waals surface area contributed by atoms with Crippen LogP contribution in [0.25, 0.3) is 0 Å². The number of nitrogens with zero attached hydrogens (tertiary/aromatic N) is 2. The Bertz CT molecular complexity index is 829. The van der Waals surface area contributed by atoms with Crippen LogP contribution < -0.4 is 0 Å². The summed E-state index contributed by atoms with van der Waals surface area (Å²) in [5.41, 5.74) is 2.15. The summed E-state index contributed by atoms with van der Waals surface area (Å²) in [4.78, 5) is 33.6.